The first-order valence-corrected chi connectivity index (χ1v) is 13.5. The molecule has 0 radical (unpaired) electrons. The first-order chi connectivity index (χ1) is 21.1. The fourth-order valence-corrected chi connectivity index (χ4v) is 4.64. The average Bonchev–Trinajstić information content (AvgIpc) is 3.03. The fourth-order valence-electron chi connectivity index (χ4n) is 4.64. The smallest absolute Gasteiger partial charge is 0.161 e. The molecule has 0 aliphatic rings. The molecule has 0 saturated heterocycles. The highest BCUT2D eigenvalue weighted by Crippen LogP contribution is 2.33. The van der Waals surface area contributed by atoms with Crippen molar-refractivity contribution in [2.75, 3.05) is 5.32 Å². The minimum Gasteiger partial charge on any atom is -0.457 e. The third kappa shape index (κ3) is 6.06. The molecule has 0 unspecified atom stereocenters. The number of rotatable bonds is 8. The van der Waals surface area contributed by atoms with E-state index in [2.05, 4.69) is 25.3 Å². The minimum atomic E-state index is -0.520. The van der Waals surface area contributed by atoms with Crippen molar-refractivity contribution in [1.29, 1.82) is 5.41 Å². The van der Waals surface area contributed by atoms with Gasteiger partial charge in [-0.1, -0.05) is 60.7 Å². The monoisotopic (exact) mass is 567 g/mol. The van der Waals surface area contributed by atoms with Crippen molar-refractivity contribution in [2.45, 2.75) is 6.92 Å². The summed E-state index contributed by atoms with van der Waals surface area (Å²) in [7, 11) is 0. The highest BCUT2D eigenvalue weighted by Gasteiger charge is 2.16. The summed E-state index contributed by atoms with van der Waals surface area (Å²) >= 11 is 0. The van der Waals surface area contributed by atoms with Gasteiger partial charge < -0.3 is 15.0 Å². The number of pyridine rings is 1. The van der Waals surface area contributed by atoms with E-state index in [1.807, 2.05) is 85.8 Å². The number of benzene rings is 4. The molecular formula is C34H26FN7O. The molecule has 6 aromatic rings. The van der Waals surface area contributed by atoms with Gasteiger partial charge in [0, 0.05) is 29.1 Å². The molecule has 6 rings (SSSR count). The Hall–Kier alpha value is -5.96. The van der Waals surface area contributed by atoms with Crippen molar-refractivity contribution < 1.29 is 9.13 Å². The molecule has 0 saturated carbocycles. The van der Waals surface area contributed by atoms with Crippen LogP contribution >= 0.6 is 0 Å². The number of ether oxygens (including phenoxy) is 1. The summed E-state index contributed by atoms with van der Waals surface area (Å²) in [6, 6.07) is 31.8. The highest BCUT2D eigenvalue weighted by molar-refractivity contribution is 6.14. The average molecular weight is 568 g/mol. The van der Waals surface area contributed by atoms with Crippen molar-refractivity contribution >= 4 is 40.1 Å². The summed E-state index contributed by atoms with van der Waals surface area (Å²) < 4.78 is 22.3. The molecule has 0 spiro atoms. The standard InChI is InChI=1S/C34H26FN7O/c1-22-18-25(12-15-29(22)43-26-16-17-37-30(19-26)38-20-36)41-34-31-27(39-21-40-34)13-14-28(32(31)35)42-33(23-8-4-2-5-9-23)24-10-6-3-7-11-24/h2-21H,1H3,(H2,36,37,38)(H,39,40,41). The third-order valence-corrected chi connectivity index (χ3v) is 6.67. The van der Waals surface area contributed by atoms with Crippen LogP contribution in [0.3, 0.4) is 0 Å². The molecule has 43 heavy (non-hydrogen) atoms. The van der Waals surface area contributed by atoms with Gasteiger partial charge in [0.1, 0.15) is 41.2 Å². The van der Waals surface area contributed by atoms with Crippen LogP contribution in [-0.4, -0.2) is 27.0 Å². The number of H-pyrrole nitrogens is 1. The second kappa shape index (κ2) is 12.3. The number of nitrogens with one attached hydrogen (secondary N) is 3. The van der Waals surface area contributed by atoms with E-state index in [9.17, 15) is 0 Å². The molecule has 9 heteroatoms. The van der Waals surface area contributed by atoms with E-state index in [1.54, 1.807) is 30.5 Å². The van der Waals surface area contributed by atoms with Gasteiger partial charge in [0.25, 0.3) is 0 Å². The predicted molar refractivity (Wildman–Crippen MR) is 167 cm³/mol. The number of hydrogen-bond donors (Lipinski definition) is 3. The maximum absolute atomic E-state index is 16.2. The van der Waals surface area contributed by atoms with Crippen LogP contribution in [0.5, 0.6) is 11.5 Å². The van der Waals surface area contributed by atoms with Gasteiger partial charge in [-0.25, -0.2) is 24.3 Å². The highest BCUT2D eigenvalue weighted by atomic mass is 19.1. The van der Waals surface area contributed by atoms with Gasteiger partial charge in [0.2, 0.25) is 0 Å². The number of halogens is 1. The summed E-state index contributed by atoms with van der Waals surface area (Å²) in [6.45, 7) is 1.92. The van der Waals surface area contributed by atoms with Gasteiger partial charge in [-0.15, -0.1) is 0 Å². The Kier molecular flexibility index (Phi) is 7.77. The molecule has 4 aromatic carbocycles. The van der Waals surface area contributed by atoms with Crippen molar-refractivity contribution in [3.8, 4) is 11.5 Å². The van der Waals surface area contributed by atoms with Crippen LogP contribution in [0.1, 0.15) is 16.7 Å². The minimum absolute atomic E-state index is 0.183. The number of aromatic nitrogens is 3. The van der Waals surface area contributed by atoms with Gasteiger partial charge in [-0.3, -0.25) is 5.41 Å². The quantitative estimate of drug-likeness (QED) is 0.130. The van der Waals surface area contributed by atoms with Crippen molar-refractivity contribution in [1.82, 2.24) is 15.0 Å². The first-order valence-electron chi connectivity index (χ1n) is 13.5. The normalized spacial score (nSPS) is 11.3. The molecule has 2 heterocycles. The zero-order chi connectivity index (χ0) is 29.6. The van der Waals surface area contributed by atoms with E-state index in [1.165, 1.54) is 6.33 Å². The van der Waals surface area contributed by atoms with Crippen molar-refractivity contribution in [3.63, 3.8) is 0 Å². The maximum atomic E-state index is 16.2. The molecule has 0 aliphatic carbocycles. The predicted octanol–water partition coefficient (Wildman–Crippen LogP) is 7.62. The summed E-state index contributed by atoms with van der Waals surface area (Å²) in [5.74, 6) is 1.02. The zero-order valence-electron chi connectivity index (χ0n) is 23.1. The summed E-state index contributed by atoms with van der Waals surface area (Å²) in [5.41, 5.74) is 5.11. The topological polar surface area (TPSA) is 111 Å². The Morgan fingerprint density at radius 1 is 0.907 bits per heavy atom. The molecule has 0 amide bonds. The number of aliphatic imine (C=N–C) groups is 1. The Bertz CT molecular complexity index is 1980. The Morgan fingerprint density at radius 2 is 1.65 bits per heavy atom. The van der Waals surface area contributed by atoms with Gasteiger partial charge in [-0.05, 0) is 48.9 Å². The molecule has 8 nitrogen and oxygen atoms in total. The summed E-state index contributed by atoms with van der Waals surface area (Å²) in [5, 5.41) is 10.7. The van der Waals surface area contributed by atoms with Crippen LogP contribution in [-0.2, 0) is 0 Å². The first kappa shape index (κ1) is 27.2. The lowest BCUT2D eigenvalue weighted by Crippen LogP contribution is -2.06. The number of aromatic amines is 1. The molecule has 210 valence electrons. The van der Waals surface area contributed by atoms with Crippen molar-refractivity contribution in [2.24, 2.45) is 9.98 Å². The van der Waals surface area contributed by atoms with E-state index < -0.39 is 5.82 Å². The van der Waals surface area contributed by atoms with E-state index in [0.717, 1.165) is 23.0 Å². The SMILES string of the molecule is Cc1cc(Nc2ncnc3ccc(N=C(c4ccccc4)c4ccccc4)c(F)c23)ccc1Oc1cc[nH]c(=NC=N)c1. The largest absolute Gasteiger partial charge is 0.457 e. The number of fused-ring (bicyclic) bond motifs is 1. The molecule has 0 aliphatic heterocycles. The van der Waals surface area contributed by atoms with Gasteiger partial charge in [-0.2, -0.15) is 0 Å². The van der Waals surface area contributed by atoms with Crippen LogP contribution in [0, 0.1) is 18.2 Å². The van der Waals surface area contributed by atoms with Crippen LogP contribution in [0.25, 0.3) is 10.9 Å². The molecule has 0 atom stereocenters. The van der Waals surface area contributed by atoms with Crippen LogP contribution < -0.4 is 15.5 Å². The van der Waals surface area contributed by atoms with Gasteiger partial charge in [0.05, 0.1) is 16.6 Å². The Morgan fingerprint density at radius 3 is 2.35 bits per heavy atom. The second-order valence-electron chi connectivity index (χ2n) is 9.58. The molecule has 0 bridgehead atoms. The van der Waals surface area contributed by atoms with E-state index in [0.29, 0.717) is 39.7 Å². The van der Waals surface area contributed by atoms with E-state index >= 15 is 4.39 Å². The second-order valence-corrected chi connectivity index (χ2v) is 9.58. The third-order valence-electron chi connectivity index (χ3n) is 6.67. The van der Waals surface area contributed by atoms with Crippen LogP contribution in [0.2, 0.25) is 0 Å². The number of anilines is 2. The molecule has 0 fully saturated rings. The Balaban J connectivity index is 1.35. The van der Waals surface area contributed by atoms with Crippen LogP contribution in [0.4, 0.5) is 21.6 Å². The number of aryl methyl sites for hydroxylation is 1. The lowest BCUT2D eigenvalue weighted by molar-refractivity contribution is 0.477. The molecule has 2 aromatic heterocycles. The summed E-state index contributed by atoms with van der Waals surface area (Å²) in [4.78, 5) is 20.3. The Labute approximate surface area is 246 Å². The molecule has 3 N–H and O–H groups in total. The maximum Gasteiger partial charge on any atom is 0.161 e. The number of hydrogen-bond acceptors (Lipinski definition) is 6. The van der Waals surface area contributed by atoms with Gasteiger partial charge in [0.15, 0.2) is 5.82 Å². The lowest BCUT2D eigenvalue weighted by Gasteiger charge is -2.13. The lowest BCUT2D eigenvalue weighted by atomic mass is 10.0. The van der Waals surface area contributed by atoms with E-state index in [4.69, 9.17) is 15.1 Å². The number of nitrogens with zero attached hydrogens (tertiary/aromatic N) is 4. The van der Waals surface area contributed by atoms with Gasteiger partial charge >= 0.3 is 0 Å². The zero-order valence-corrected chi connectivity index (χ0v) is 23.1. The van der Waals surface area contributed by atoms with Crippen molar-refractivity contribution in [3.05, 3.63) is 144 Å². The van der Waals surface area contributed by atoms with Crippen LogP contribution in [0.15, 0.2) is 126 Å². The fraction of sp³-hybridized carbons (Fsp3) is 0.0294. The summed E-state index contributed by atoms with van der Waals surface area (Å²) in [6.07, 6.45) is 4.06. The van der Waals surface area contributed by atoms with E-state index in [-0.39, 0.29) is 11.1 Å². The molecular weight excluding hydrogens is 541 g/mol.